The number of halogens is 4. The van der Waals surface area contributed by atoms with Crippen LogP contribution in [0.1, 0.15) is 21.7 Å². The molecule has 0 radical (unpaired) electrons. The van der Waals surface area contributed by atoms with E-state index in [-0.39, 0.29) is 24.3 Å². The Hall–Kier alpha value is -3.21. The number of rotatable bonds is 5. The molecule has 0 fully saturated rings. The molecule has 0 bridgehead atoms. The molecule has 0 N–H and O–H groups in total. The maximum atomic E-state index is 13.1. The van der Waals surface area contributed by atoms with Crippen LogP contribution in [0.2, 0.25) is 0 Å². The maximum absolute atomic E-state index is 13.1. The molecule has 4 rings (SSSR count). The van der Waals surface area contributed by atoms with Gasteiger partial charge in [-0.1, -0.05) is 18.2 Å². The highest BCUT2D eigenvalue weighted by Gasteiger charge is 2.32. The van der Waals surface area contributed by atoms with Crippen LogP contribution in [0.4, 0.5) is 23.5 Å². The van der Waals surface area contributed by atoms with Crippen LogP contribution in [-0.4, -0.2) is 34.7 Å². The Morgan fingerprint density at radius 1 is 1.12 bits per heavy atom. The van der Waals surface area contributed by atoms with Gasteiger partial charge in [-0.15, -0.1) is 11.3 Å². The molecule has 0 spiro atoms. The van der Waals surface area contributed by atoms with Gasteiger partial charge in [0.15, 0.2) is 0 Å². The summed E-state index contributed by atoms with van der Waals surface area (Å²) in [6, 6.07) is 8.50. The van der Waals surface area contributed by atoms with Gasteiger partial charge in [-0.2, -0.15) is 23.1 Å². The molecule has 0 aliphatic carbocycles. The second kappa shape index (κ2) is 8.73. The number of thiophene rings is 1. The molecule has 2 aromatic heterocycles. The minimum atomic E-state index is -4.44. The Labute approximate surface area is 184 Å². The average molecular weight is 466 g/mol. The number of nitrogens with zero attached hydrogens (tertiary/aromatic N) is 4. The van der Waals surface area contributed by atoms with E-state index >= 15 is 0 Å². The summed E-state index contributed by atoms with van der Waals surface area (Å²) in [5, 5.41) is 0. The molecular formula is C21H18F4N4O2S. The number of hydrogen-bond acceptors (Lipinski definition) is 6. The summed E-state index contributed by atoms with van der Waals surface area (Å²) in [6.07, 6.45) is -1.83. The predicted octanol–water partition coefficient (Wildman–Crippen LogP) is 4.21. The summed E-state index contributed by atoms with van der Waals surface area (Å²) >= 11 is 0.556. The summed E-state index contributed by atoms with van der Waals surface area (Å²) in [4.78, 5) is 22.3. The van der Waals surface area contributed by atoms with Gasteiger partial charge in [0.25, 0.3) is 0 Å². The lowest BCUT2D eigenvalue weighted by Gasteiger charge is -2.27. The van der Waals surface area contributed by atoms with E-state index in [1.807, 2.05) is 6.08 Å². The Morgan fingerprint density at radius 3 is 2.47 bits per heavy atom. The highest BCUT2D eigenvalue weighted by Crippen LogP contribution is 2.35. The fourth-order valence-electron chi connectivity index (χ4n) is 3.38. The lowest BCUT2D eigenvalue weighted by atomic mass is 10.00. The van der Waals surface area contributed by atoms with E-state index in [1.165, 1.54) is 25.3 Å². The fraction of sp³-hybridized carbons (Fsp3) is 0.286. The van der Waals surface area contributed by atoms with Crippen molar-refractivity contribution in [1.29, 1.82) is 0 Å². The normalized spacial score (nSPS) is 14.4. The lowest BCUT2D eigenvalue weighted by Crippen LogP contribution is -2.34. The molecule has 168 valence electrons. The molecular weight excluding hydrogens is 448 g/mol. The largest absolute Gasteiger partial charge is 0.468 e. The van der Waals surface area contributed by atoms with E-state index in [4.69, 9.17) is 4.74 Å². The van der Waals surface area contributed by atoms with Crippen LogP contribution in [-0.2, 0) is 12.7 Å². The van der Waals surface area contributed by atoms with Crippen molar-refractivity contribution >= 4 is 22.9 Å². The van der Waals surface area contributed by atoms with E-state index < -0.39 is 16.7 Å². The highest BCUT2D eigenvalue weighted by molar-refractivity contribution is 7.12. The Morgan fingerprint density at radius 2 is 1.88 bits per heavy atom. The van der Waals surface area contributed by atoms with Crippen molar-refractivity contribution in [3.8, 4) is 6.01 Å². The van der Waals surface area contributed by atoms with E-state index in [0.717, 1.165) is 21.8 Å². The van der Waals surface area contributed by atoms with Crippen LogP contribution in [0.15, 0.2) is 47.3 Å². The molecule has 6 nitrogen and oxygen atoms in total. The summed E-state index contributed by atoms with van der Waals surface area (Å²) in [6.45, 7) is 0.854. The molecule has 1 aliphatic heterocycles. The molecule has 3 aromatic rings. The number of benzene rings is 1. The van der Waals surface area contributed by atoms with Gasteiger partial charge in [-0.3, -0.25) is 0 Å². The summed E-state index contributed by atoms with van der Waals surface area (Å²) < 4.78 is 58.0. The average Bonchev–Trinajstić information content (AvgIpc) is 3.25. The van der Waals surface area contributed by atoms with Crippen LogP contribution in [0.3, 0.4) is 0 Å². The summed E-state index contributed by atoms with van der Waals surface area (Å²) in [5.41, 5.74) is 1.32. The van der Waals surface area contributed by atoms with Gasteiger partial charge in [0.1, 0.15) is 10.7 Å². The molecule has 0 saturated heterocycles. The zero-order chi connectivity index (χ0) is 22.9. The van der Waals surface area contributed by atoms with Crippen LogP contribution >= 0.6 is 11.3 Å². The smallest absolute Gasteiger partial charge is 0.425 e. The van der Waals surface area contributed by atoms with Crippen LogP contribution in [0.25, 0.3) is 5.57 Å². The molecule has 0 unspecified atom stereocenters. The third-order valence-electron chi connectivity index (χ3n) is 5.00. The molecule has 0 amide bonds. The first-order chi connectivity index (χ1) is 15.2. The third kappa shape index (κ3) is 4.67. The van der Waals surface area contributed by atoms with Crippen LogP contribution in [0, 0.1) is 5.82 Å². The minimum Gasteiger partial charge on any atom is -0.468 e. The summed E-state index contributed by atoms with van der Waals surface area (Å²) in [7, 11) is 1.33. The topological polar surface area (TPSA) is 60.2 Å². The molecule has 0 saturated carbocycles. The highest BCUT2D eigenvalue weighted by atomic mass is 32.1. The van der Waals surface area contributed by atoms with Gasteiger partial charge in [-0.05, 0) is 41.8 Å². The molecule has 11 heteroatoms. The second-order valence-electron chi connectivity index (χ2n) is 7.08. The van der Waals surface area contributed by atoms with Gasteiger partial charge in [0, 0.05) is 18.0 Å². The van der Waals surface area contributed by atoms with Gasteiger partial charge >= 0.3 is 17.9 Å². The van der Waals surface area contributed by atoms with Crippen LogP contribution < -0.4 is 15.3 Å². The van der Waals surface area contributed by atoms with E-state index in [0.29, 0.717) is 35.7 Å². The number of aromatic nitrogens is 3. The maximum Gasteiger partial charge on any atom is 0.425 e. The van der Waals surface area contributed by atoms with Crippen LogP contribution in [0.5, 0.6) is 6.01 Å². The zero-order valence-corrected chi connectivity index (χ0v) is 17.7. The Kier molecular flexibility index (Phi) is 6.00. The molecule has 1 aliphatic rings. The van der Waals surface area contributed by atoms with E-state index in [1.54, 1.807) is 17.0 Å². The SMILES string of the molecule is COc1nc(N2CC=C(c3ccc(F)cc3)CC2)nc(=O)n1Cc1ccc(C(F)(F)F)s1. The van der Waals surface area contributed by atoms with Crippen molar-refractivity contribution in [2.45, 2.75) is 19.1 Å². The first-order valence-corrected chi connectivity index (χ1v) is 10.4. The zero-order valence-electron chi connectivity index (χ0n) is 16.9. The van der Waals surface area contributed by atoms with Gasteiger partial charge < -0.3 is 9.64 Å². The van der Waals surface area contributed by atoms with E-state index in [9.17, 15) is 22.4 Å². The van der Waals surface area contributed by atoms with Gasteiger partial charge in [-0.25, -0.2) is 13.8 Å². The van der Waals surface area contributed by atoms with Crippen molar-refractivity contribution in [3.63, 3.8) is 0 Å². The molecule has 0 atom stereocenters. The Balaban J connectivity index is 1.54. The monoisotopic (exact) mass is 466 g/mol. The fourth-order valence-corrected chi connectivity index (χ4v) is 4.24. The number of hydrogen-bond donors (Lipinski definition) is 0. The number of anilines is 1. The van der Waals surface area contributed by atoms with Crippen molar-refractivity contribution in [3.05, 3.63) is 74.1 Å². The Bertz CT molecular complexity index is 1200. The number of methoxy groups -OCH3 is 1. The van der Waals surface area contributed by atoms with E-state index in [2.05, 4.69) is 9.97 Å². The predicted molar refractivity (Wildman–Crippen MR) is 112 cm³/mol. The lowest BCUT2D eigenvalue weighted by molar-refractivity contribution is -0.134. The quantitative estimate of drug-likeness (QED) is 0.528. The molecule has 1 aromatic carbocycles. The van der Waals surface area contributed by atoms with Crippen molar-refractivity contribution < 1.29 is 22.3 Å². The van der Waals surface area contributed by atoms with Crippen molar-refractivity contribution in [2.24, 2.45) is 0 Å². The van der Waals surface area contributed by atoms with Gasteiger partial charge in [0.05, 0.1) is 13.7 Å². The number of ether oxygens (including phenoxy) is 1. The minimum absolute atomic E-state index is 0.0322. The second-order valence-corrected chi connectivity index (χ2v) is 8.24. The first kappa shape index (κ1) is 22.0. The number of alkyl halides is 3. The van der Waals surface area contributed by atoms with Crippen molar-refractivity contribution in [1.82, 2.24) is 14.5 Å². The summed E-state index contributed by atoms with van der Waals surface area (Å²) in [5.74, 6) is -0.121. The first-order valence-electron chi connectivity index (χ1n) is 9.63. The molecule has 32 heavy (non-hydrogen) atoms. The molecule has 3 heterocycles. The van der Waals surface area contributed by atoms with Gasteiger partial charge in [0.2, 0.25) is 5.95 Å². The standard InChI is InChI=1S/C21H18F4N4O2S/c1-31-20-27-18(28-10-8-14(9-11-28)13-2-4-15(22)5-3-13)26-19(30)29(20)12-16-6-7-17(32-16)21(23,24)25/h2-8H,9-12H2,1H3. The van der Waals surface area contributed by atoms with Crippen molar-refractivity contribution in [2.75, 3.05) is 25.1 Å². The third-order valence-corrected chi connectivity index (χ3v) is 6.11.